The summed E-state index contributed by atoms with van der Waals surface area (Å²) in [5.74, 6) is 0. The van der Waals surface area contributed by atoms with E-state index in [1.54, 1.807) is 0 Å². The summed E-state index contributed by atoms with van der Waals surface area (Å²) >= 11 is 1.91. The third-order valence-electron chi connectivity index (χ3n) is 14.2. The van der Waals surface area contributed by atoms with E-state index >= 15 is 0 Å². The number of fused-ring (bicyclic) bond motifs is 15. The first-order valence-corrected chi connectivity index (χ1v) is 22.2. The van der Waals surface area contributed by atoms with E-state index in [-0.39, 0.29) is 10.8 Å². The minimum Gasteiger partial charge on any atom is -0.355 e. The summed E-state index contributed by atoms with van der Waals surface area (Å²) in [6.45, 7) is 11.6. The molecule has 0 unspecified atom stereocenters. The molecular formula is C56H43BN2S. The number of aromatic nitrogens is 1. The van der Waals surface area contributed by atoms with E-state index in [1.807, 2.05) is 11.3 Å². The molecule has 2 aliphatic carbocycles. The molecule has 3 heterocycles. The summed E-state index contributed by atoms with van der Waals surface area (Å²) in [4.78, 5) is 0. The van der Waals surface area contributed by atoms with Crippen LogP contribution in [0.1, 0.15) is 62.4 Å². The highest BCUT2D eigenvalue weighted by Crippen LogP contribution is 2.54. The second-order valence-corrected chi connectivity index (χ2v) is 20.1. The lowest BCUT2D eigenvalue weighted by Gasteiger charge is -2.25. The van der Waals surface area contributed by atoms with Gasteiger partial charge >= 0.3 is 0 Å². The van der Waals surface area contributed by atoms with Gasteiger partial charge in [-0.25, -0.2) is 0 Å². The van der Waals surface area contributed by atoms with Crippen molar-refractivity contribution in [3.63, 3.8) is 0 Å². The molecule has 2 nitrogen and oxygen atoms in total. The molecule has 0 amide bonds. The molecule has 0 atom stereocenters. The van der Waals surface area contributed by atoms with E-state index in [0.717, 1.165) is 25.1 Å². The summed E-state index contributed by atoms with van der Waals surface area (Å²) < 4.78 is 5.33. The van der Waals surface area contributed by atoms with Crippen LogP contribution in [0.15, 0.2) is 146 Å². The SMILES string of the molecule is CC(C)(C)c1ccc(Nc2cc3c(cc2-c2ccc4c5c6c(ccc5n5c4c2Bc2cc4c(cc2-5)sc2ccccc24)C(C)(C)c2ccccc2-6)-c2ccccc2C3)cc1. The van der Waals surface area contributed by atoms with E-state index in [1.165, 1.54) is 120 Å². The normalized spacial score (nSPS) is 14.3. The van der Waals surface area contributed by atoms with Crippen LogP contribution in [0, 0.1) is 0 Å². The Morgan fingerprint density at radius 1 is 0.617 bits per heavy atom. The third-order valence-corrected chi connectivity index (χ3v) is 15.3. The van der Waals surface area contributed by atoms with Gasteiger partial charge in [-0.3, -0.25) is 0 Å². The summed E-state index contributed by atoms with van der Waals surface area (Å²) in [6.07, 6.45) is 0.949. The molecule has 2 aromatic heterocycles. The molecule has 0 spiro atoms. The fourth-order valence-electron chi connectivity index (χ4n) is 11.2. The monoisotopic (exact) mass is 786 g/mol. The van der Waals surface area contributed by atoms with Gasteiger partial charge < -0.3 is 9.88 Å². The van der Waals surface area contributed by atoms with E-state index in [0.29, 0.717) is 0 Å². The zero-order valence-corrected chi connectivity index (χ0v) is 35.4. The number of benzene rings is 8. The van der Waals surface area contributed by atoms with Gasteiger partial charge in [-0.05, 0) is 121 Å². The Morgan fingerprint density at radius 3 is 2.25 bits per heavy atom. The van der Waals surface area contributed by atoms with Gasteiger partial charge in [-0.2, -0.15) is 0 Å². The molecule has 0 radical (unpaired) electrons. The highest BCUT2D eigenvalue weighted by Gasteiger charge is 2.38. The molecule has 8 aromatic carbocycles. The fourth-order valence-corrected chi connectivity index (χ4v) is 12.3. The van der Waals surface area contributed by atoms with Crippen LogP contribution in [0.5, 0.6) is 0 Å². The molecule has 60 heavy (non-hydrogen) atoms. The Labute approximate surface area is 355 Å². The molecule has 1 aliphatic heterocycles. The molecule has 0 bridgehead atoms. The standard InChI is InChI=1S/C56H43BN2S/c1-55(2,3)33-18-20-34(21-19-33)58-46-27-32-26-31-12-6-7-13-35(31)40(32)28-41(46)37-22-23-39-52-47(25-24-44-51(52)38-15-8-10-16-43(38)56(44,4)5)59-48-30-50-42(29-45(48)57-53(37)54(39)59)36-14-9-11-17-49(36)60-50/h6-25,27-30,57-58H,26H2,1-5H3. The van der Waals surface area contributed by atoms with Crippen molar-refractivity contribution in [3.8, 4) is 39.1 Å². The van der Waals surface area contributed by atoms with E-state index in [4.69, 9.17) is 0 Å². The van der Waals surface area contributed by atoms with E-state index in [9.17, 15) is 0 Å². The molecule has 3 aliphatic rings. The Hall–Kier alpha value is -6.36. The summed E-state index contributed by atoms with van der Waals surface area (Å²) in [7, 11) is 0.857. The maximum Gasteiger partial charge on any atom is 0.198 e. The Bertz CT molecular complexity index is 3520. The zero-order chi connectivity index (χ0) is 40.2. The van der Waals surface area contributed by atoms with Crippen molar-refractivity contribution in [2.45, 2.75) is 51.9 Å². The molecule has 0 fully saturated rings. The van der Waals surface area contributed by atoms with Crippen LogP contribution in [-0.4, -0.2) is 11.8 Å². The highest BCUT2D eigenvalue weighted by molar-refractivity contribution is 7.25. The van der Waals surface area contributed by atoms with Crippen molar-refractivity contribution in [1.82, 2.24) is 4.57 Å². The number of rotatable bonds is 3. The number of anilines is 2. The minimum absolute atomic E-state index is 0.0784. The number of thiophene rings is 1. The van der Waals surface area contributed by atoms with Crippen molar-refractivity contribution in [2.24, 2.45) is 0 Å². The average molecular weight is 787 g/mol. The molecular weight excluding hydrogens is 744 g/mol. The third kappa shape index (κ3) is 4.66. The first-order chi connectivity index (χ1) is 29.1. The molecule has 0 saturated heterocycles. The Balaban J connectivity index is 1.11. The summed E-state index contributed by atoms with van der Waals surface area (Å²) in [6, 6.07) is 55.8. The molecule has 4 heteroatoms. The lowest BCUT2D eigenvalue weighted by Crippen LogP contribution is -2.37. The van der Waals surface area contributed by atoms with Crippen LogP contribution in [0.4, 0.5) is 11.4 Å². The minimum atomic E-state index is -0.0784. The lowest BCUT2D eigenvalue weighted by molar-refractivity contribution is 0.590. The average Bonchev–Trinajstić information content (AvgIpc) is 3.97. The van der Waals surface area contributed by atoms with E-state index in [2.05, 4.69) is 190 Å². The molecule has 1 N–H and O–H groups in total. The fraction of sp³-hybridized carbons (Fsp3) is 0.143. The van der Waals surface area contributed by atoms with Crippen molar-refractivity contribution in [2.75, 3.05) is 5.32 Å². The van der Waals surface area contributed by atoms with Crippen molar-refractivity contribution in [3.05, 3.63) is 173 Å². The number of nitrogens with zero attached hydrogens (tertiary/aromatic N) is 1. The number of nitrogens with one attached hydrogen (secondary N) is 1. The predicted molar refractivity (Wildman–Crippen MR) is 260 cm³/mol. The van der Waals surface area contributed by atoms with Gasteiger partial charge in [0.05, 0.1) is 5.52 Å². The molecule has 0 saturated carbocycles. The number of hydrogen-bond acceptors (Lipinski definition) is 2. The number of hydrogen-bond donors (Lipinski definition) is 1. The van der Waals surface area contributed by atoms with Crippen LogP contribution in [0.25, 0.3) is 81.0 Å². The van der Waals surface area contributed by atoms with E-state index < -0.39 is 0 Å². The van der Waals surface area contributed by atoms with Crippen LogP contribution in [0.2, 0.25) is 0 Å². The van der Waals surface area contributed by atoms with Gasteiger partial charge in [0.2, 0.25) is 0 Å². The summed E-state index contributed by atoms with van der Waals surface area (Å²) in [5, 5.41) is 9.39. The Kier molecular flexibility index (Phi) is 6.84. The first kappa shape index (κ1) is 34.5. The van der Waals surface area contributed by atoms with Gasteiger partial charge in [0.25, 0.3) is 0 Å². The maximum atomic E-state index is 3.97. The van der Waals surface area contributed by atoms with Gasteiger partial charge in [0.15, 0.2) is 7.28 Å². The summed E-state index contributed by atoms with van der Waals surface area (Å²) in [5.41, 5.74) is 24.0. The lowest BCUT2D eigenvalue weighted by atomic mass is 9.59. The second-order valence-electron chi connectivity index (χ2n) is 19.0. The maximum absolute atomic E-state index is 3.97. The van der Waals surface area contributed by atoms with Gasteiger partial charge in [0.1, 0.15) is 0 Å². The zero-order valence-electron chi connectivity index (χ0n) is 34.6. The van der Waals surface area contributed by atoms with Crippen molar-refractivity contribution in [1.29, 1.82) is 0 Å². The first-order valence-electron chi connectivity index (χ1n) is 21.4. The Morgan fingerprint density at radius 2 is 1.40 bits per heavy atom. The topological polar surface area (TPSA) is 17.0 Å². The van der Waals surface area contributed by atoms with Crippen molar-refractivity contribution < 1.29 is 0 Å². The van der Waals surface area contributed by atoms with Gasteiger partial charge in [-0.1, -0.05) is 143 Å². The van der Waals surface area contributed by atoms with Crippen LogP contribution in [-0.2, 0) is 17.3 Å². The van der Waals surface area contributed by atoms with Crippen LogP contribution in [0.3, 0.4) is 0 Å². The predicted octanol–water partition coefficient (Wildman–Crippen LogP) is 13.4. The molecule has 13 rings (SSSR count). The largest absolute Gasteiger partial charge is 0.355 e. The van der Waals surface area contributed by atoms with Gasteiger partial charge in [0, 0.05) is 59.1 Å². The smallest absolute Gasteiger partial charge is 0.198 e. The highest BCUT2D eigenvalue weighted by atomic mass is 32.1. The van der Waals surface area contributed by atoms with Gasteiger partial charge in [-0.15, -0.1) is 11.3 Å². The quantitative estimate of drug-likeness (QED) is 0.177. The molecule has 10 aromatic rings. The second kappa shape index (κ2) is 11.9. The van der Waals surface area contributed by atoms with Crippen LogP contribution < -0.4 is 16.2 Å². The van der Waals surface area contributed by atoms with Crippen LogP contribution >= 0.6 is 11.3 Å². The molecule has 286 valence electrons. The van der Waals surface area contributed by atoms with Crippen molar-refractivity contribution >= 4 is 82.9 Å².